The maximum absolute atomic E-state index is 12.2. The molecule has 5 N–H and O–H groups in total. The molecule has 1 atom stereocenters. The van der Waals surface area contributed by atoms with E-state index in [1.807, 2.05) is 24.3 Å². The number of primary amides is 1. The fourth-order valence-electron chi connectivity index (χ4n) is 3.09. The Labute approximate surface area is 157 Å². The summed E-state index contributed by atoms with van der Waals surface area (Å²) >= 11 is 0. The summed E-state index contributed by atoms with van der Waals surface area (Å²) in [7, 11) is 0. The molecule has 0 bridgehead atoms. The lowest BCUT2D eigenvalue weighted by Gasteiger charge is -2.24. The number of urea groups is 1. The summed E-state index contributed by atoms with van der Waals surface area (Å²) in [6, 6.07) is 14.2. The number of rotatable bonds is 6. The second-order valence-electron chi connectivity index (χ2n) is 6.55. The molecule has 0 radical (unpaired) electrons. The van der Waals surface area contributed by atoms with E-state index in [2.05, 4.69) is 16.0 Å². The van der Waals surface area contributed by atoms with E-state index in [0.29, 0.717) is 31.5 Å². The third kappa shape index (κ3) is 5.07. The average molecular weight is 366 g/mol. The summed E-state index contributed by atoms with van der Waals surface area (Å²) in [6.07, 6.45) is 1.46. The minimum Gasteiger partial charge on any atom is -0.352 e. The summed E-state index contributed by atoms with van der Waals surface area (Å²) in [4.78, 5) is 35.1. The zero-order valence-corrected chi connectivity index (χ0v) is 14.8. The second kappa shape index (κ2) is 8.35. The molecule has 0 spiro atoms. The third-order valence-corrected chi connectivity index (χ3v) is 4.54. The summed E-state index contributed by atoms with van der Waals surface area (Å²) in [6.45, 7) is 0.384. The number of carbonyl (C=O) groups is 3. The molecule has 0 saturated carbocycles. The van der Waals surface area contributed by atoms with Gasteiger partial charge in [0, 0.05) is 30.3 Å². The second-order valence-corrected chi connectivity index (χ2v) is 6.55. The molecule has 0 fully saturated rings. The van der Waals surface area contributed by atoms with Crippen molar-refractivity contribution < 1.29 is 14.4 Å². The number of hydrogen-bond acceptors (Lipinski definition) is 3. The largest absolute Gasteiger partial charge is 0.352 e. The Bertz CT molecular complexity index is 849. The van der Waals surface area contributed by atoms with Crippen molar-refractivity contribution in [2.45, 2.75) is 25.8 Å². The maximum Gasteiger partial charge on any atom is 0.316 e. The van der Waals surface area contributed by atoms with Crippen molar-refractivity contribution >= 4 is 29.2 Å². The van der Waals surface area contributed by atoms with E-state index in [1.165, 1.54) is 0 Å². The van der Waals surface area contributed by atoms with Crippen LogP contribution in [0.1, 0.15) is 24.0 Å². The number of anilines is 2. The van der Waals surface area contributed by atoms with Crippen LogP contribution in [-0.2, 0) is 22.6 Å². The lowest BCUT2D eigenvalue weighted by Crippen LogP contribution is -2.31. The van der Waals surface area contributed by atoms with E-state index in [-0.39, 0.29) is 17.7 Å². The molecule has 7 heteroatoms. The van der Waals surface area contributed by atoms with Gasteiger partial charge in [0.25, 0.3) is 0 Å². The van der Waals surface area contributed by atoms with Gasteiger partial charge in [0.15, 0.2) is 0 Å². The van der Waals surface area contributed by atoms with Gasteiger partial charge in [-0.1, -0.05) is 30.3 Å². The highest BCUT2D eigenvalue weighted by Gasteiger charge is 2.26. The molecule has 1 unspecified atom stereocenters. The Morgan fingerprint density at radius 1 is 1.11 bits per heavy atom. The monoisotopic (exact) mass is 366 g/mol. The molecule has 0 aromatic heterocycles. The molecule has 1 aliphatic heterocycles. The number of carbonyl (C=O) groups excluding carboxylic acids is 3. The zero-order valence-electron chi connectivity index (χ0n) is 14.8. The highest BCUT2D eigenvalue weighted by molar-refractivity contribution is 5.96. The topological polar surface area (TPSA) is 113 Å². The predicted octanol–water partition coefficient (Wildman–Crippen LogP) is 2.38. The van der Waals surface area contributed by atoms with Crippen LogP contribution in [0.25, 0.3) is 0 Å². The van der Waals surface area contributed by atoms with Gasteiger partial charge in [-0.05, 0) is 42.2 Å². The number of nitrogens with two attached hydrogens (primary N) is 1. The molecule has 2 aromatic rings. The first-order valence-corrected chi connectivity index (χ1v) is 8.82. The highest BCUT2D eigenvalue weighted by Crippen LogP contribution is 2.27. The Morgan fingerprint density at radius 2 is 1.85 bits per heavy atom. The van der Waals surface area contributed by atoms with Crippen LogP contribution < -0.4 is 21.7 Å². The van der Waals surface area contributed by atoms with E-state index in [1.54, 1.807) is 24.3 Å². The Balaban J connectivity index is 1.45. The van der Waals surface area contributed by atoms with E-state index >= 15 is 0 Å². The van der Waals surface area contributed by atoms with Crippen LogP contribution in [0.4, 0.5) is 16.2 Å². The molecule has 0 saturated heterocycles. The molecular weight excluding hydrogens is 344 g/mol. The number of nitrogens with one attached hydrogen (secondary N) is 3. The van der Waals surface area contributed by atoms with Crippen LogP contribution in [-0.4, -0.2) is 17.8 Å². The predicted molar refractivity (Wildman–Crippen MR) is 103 cm³/mol. The van der Waals surface area contributed by atoms with Crippen molar-refractivity contribution in [2.75, 3.05) is 10.6 Å². The Kier molecular flexibility index (Phi) is 5.71. The average Bonchev–Trinajstić information content (AvgIpc) is 2.65. The first kappa shape index (κ1) is 18.4. The number of benzene rings is 2. The lowest BCUT2D eigenvalue weighted by atomic mass is 9.89. The SMILES string of the molecule is NC(=O)Nc1ccc(CNC(=O)CCC2Cc3ccccc3NC2=O)cc1. The highest BCUT2D eigenvalue weighted by atomic mass is 16.2. The number of fused-ring (bicyclic) bond motifs is 1. The van der Waals surface area contributed by atoms with Gasteiger partial charge in [0.2, 0.25) is 11.8 Å². The van der Waals surface area contributed by atoms with Crippen LogP contribution in [0.2, 0.25) is 0 Å². The van der Waals surface area contributed by atoms with Gasteiger partial charge in [0.05, 0.1) is 0 Å². The third-order valence-electron chi connectivity index (χ3n) is 4.54. The smallest absolute Gasteiger partial charge is 0.316 e. The van der Waals surface area contributed by atoms with Crippen molar-refractivity contribution in [1.82, 2.24) is 5.32 Å². The van der Waals surface area contributed by atoms with Crippen molar-refractivity contribution in [1.29, 1.82) is 0 Å². The number of hydrogen-bond donors (Lipinski definition) is 4. The fourth-order valence-corrected chi connectivity index (χ4v) is 3.09. The molecule has 2 aromatic carbocycles. The minimum atomic E-state index is -0.620. The van der Waals surface area contributed by atoms with Gasteiger partial charge in [-0.3, -0.25) is 9.59 Å². The van der Waals surface area contributed by atoms with Crippen molar-refractivity contribution in [2.24, 2.45) is 11.7 Å². The normalized spacial score (nSPS) is 15.4. The van der Waals surface area contributed by atoms with Gasteiger partial charge in [-0.2, -0.15) is 0 Å². The Morgan fingerprint density at radius 3 is 2.59 bits per heavy atom. The summed E-state index contributed by atoms with van der Waals surface area (Å²) in [5, 5.41) is 8.23. The quantitative estimate of drug-likeness (QED) is 0.629. The zero-order chi connectivity index (χ0) is 19.2. The molecule has 0 aliphatic carbocycles. The van der Waals surface area contributed by atoms with Gasteiger partial charge >= 0.3 is 6.03 Å². The number of para-hydroxylation sites is 1. The summed E-state index contributed by atoms with van der Waals surface area (Å²) < 4.78 is 0. The molecule has 4 amide bonds. The van der Waals surface area contributed by atoms with E-state index in [0.717, 1.165) is 16.8 Å². The molecule has 3 rings (SSSR count). The molecule has 27 heavy (non-hydrogen) atoms. The molecule has 1 heterocycles. The Hall–Kier alpha value is -3.35. The van der Waals surface area contributed by atoms with E-state index in [4.69, 9.17) is 5.73 Å². The van der Waals surface area contributed by atoms with Crippen LogP contribution in [0, 0.1) is 5.92 Å². The van der Waals surface area contributed by atoms with Crippen LogP contribution in [0.3, 0.4) is 0 Å². The van der Waals surface area contributed by atoms with E-state index < -0.39 is 6.03 Å². The van der Waals surface area contributed by atoms with Crippen molar-refractivity contribution in [3.05, 3.63) is 59.7 Å². The van der Waals surface area contributed by atoms with Gasteiger partial charge in [-0.25, -0.2) is 4.79 Å². The van der Waals surface area contributed by atoms with Gasteiger partial charge in [-0.15, -0.1) is 0 Å². The van der Waals surface area contributed by atoms with Gasteiger partial charge in [0.1, 0.15) is 0 Å². The van der Waals surface area contributed by atoms with Crippen LogP contribution >= 0.6 is 0 Å². The first-order chi connectivity index (χ1) is 13.0. The maximum atomic E-state index is 12.2. The summed E-state index contributed by atoms with van der Waals surface area (Å²) in [5.41, 5.74) is 8.52. The molecular formula is C20H22N4O3. The van der Waals surface area contributed by atoms with Crippen LogP contribution in [0.5, 0.6) is 0 Å². The summed E-state index contributed by atoms with van der Waals surface area (Å²) in [5.74, 6) is -0.315. The standard InChI is InChI=1S/C20H22N4O3/c21-20(27)23-16-8-5-13(6-9-16)12-22-18(25)10-7-15-11-14-3-1-2-4-17(14)24-19(15)26/h1-6,8-9,15H,7,10-12H2,(H,22,25)(H,24,26)(H3,21,23,27). The minimum absolute atomic E-state index is 0.0287. The van der Waals surface area contributed by atoms with E-state index in [9.17, 15) is 14.4 Å². The lowest BCUT2D eigenvalue weighted by molar-refractivity contribution is -0.122. The van der Waals surface area contributed by atoms with Gasteiger partial charge < -0.3 is 21.7 Å². The fraction of sp³-hybridized carbons (Fsp3) is 0.250. The van der Waals surface area contributed by atoms with Crippen molar-refractivity contribution in [3.8, 4) is 0 Å². The van der Waals surface area contributed by atoms with Crippen molar-refractivity contribution in [3.63, 3.8) is 0 Å². The number of amides is 4. The molecule has 140 valence electrons. The first-order valence-electron chi connectivity index (χ1n) is 8.82. The molecule has 7 nitrogen and oxygen atoms in total. The molecule has 1 aliphatic rings. The van der Waals surface area contributed by atoms with Crippen LogP contribution in [0.15, 0.2) is 48.5 Å².